The summed E-state index contributed by atoms with van der Waals surface area (Å²) in [7, 11) is -2.76. The number of rotatable bonds is 7. The molecule has 0 spiro atoms. The van der Waals surface area contributed by atoms with Crippen molar-refractivity contribution in [1.82, 2.24) is 4.90 Å². The zero-order valence-electron chi connectivity index (χ0n) is 18.7. The van der Waals surface area contributed by atoms with Crippen LogP contribution >= 0.6 is 11.8 Å². The van der Waals surface area contributed by atoms with Gasteiger partial charge in [0.1, 0.15) is 10.7 Å². The van der Waals surface area contributed by atoms with Crippen molar-refractivity contribution >= 4 is 39.1 Å². The Balaban J connectivity index is 1.58. The Bertz CT molecular complexity index is 1420. The monoisotopic (exact) mass is 513 g/mol. The molecule has 0 unspecified atom stereocenters. The van der Waals surface area contributed by atoms with Crippen LogP contribution in [0.3, 0.4) is 0 Å². The molecule has 0 aromatic heterocycles. The molecule has 0 atom stereocenters. The van der Waals surface area contributed by atoms with Crippen molar-refractivity contribution in [3.8, 4) is 11.5 Å². The molecule has 1 saturated heterocycles. The van der Waals surface area contributed by atoms with Crippen LogP contribution in [0, 0.1) is 12.7 Å². The SMILES string of the molecule is COc1ccc(/C=C2\SC(=O)N(Cc3ccc(F)cc3)C2=O)cc1OS(=O)(=O)c1ccc(C)cc1. The quantitative estimate of drug-likeness (QED) is 0.319. The Kier molecular flexibility index (Phi) is 6.95. The van der Waals surface area contributed by atoms with E-state index in [9.17, 15) is 22.4 Å². The number of methoxy groups -OCH3 is 1. The fraction of sp³-hybridized carbons (Fsp3) is 0.120. The van der Waals surface area contributed by atoms with E-state index in [0.717, 1.165) is 22.2 Å². The summed E-state index contributed by atoms with van der Waals surface area (Å²) < 4.78 is 49.2. The number of hydrogen-bond donors (Lipinski definition) is 0. The van der Waals surface area contributed by atoms with Gasteiger partial charge in [-0.25, -0.2) is 4.39 Å². The number of hydrogen-bond acceptors (Lipinski definition) is 7. The molecule has 3 aromatic carbocycles. The summed E-state index contributed by atoms with van der Waals surface area (Å²) in [4.78, 5) is 26.5. The minimum Gasteiger partial charge on any atom is -0.493 e. The van der Waals surface area contributed by atoms with Crippen molar-refractivity contribution < 1.29 is 31.3 Å². The first-order valence-corrected chi connectivity index (χ1v) is 12.6. The lowest BCUT2D eigenvalue weighted by molar-refractivity contribution is -0.123. The normalized spacial score (nSPS) is 15.1. The lowest BCUT2D eigenvalue weighted by Crippen LogP contribution is -2.27. The number of imide groups is 1. The highest BCUT2D eigenvalue weighted by molar-refractivity contribution is 8.18. The fourth-order valence-corrected chi connectivity index (χ4v) is 5.05. The molecule has 1 fully saturated rings. The van der Waals surface area contributed by atoms with Gasteiger partial charge in [0.15, 0.2) is 11.5 Å². The molecule has 1 heterocycles. The van der Waals surface area contributed by atoms with Gasteiger partial charge in [-0.3, -0.25) is 14.5 Å². The van der Waals surface area contributed by atoms with Gasteiger partial charge in [0.25, 0.3) is 11.1 Å². The third kappa shape index (κ3) is 5.55. The lowest BCUT2D eigenvalue weighted by Gasteiger charge is -2.12. The molecule has 2 amide bonds. The molecule has 0 radical (unpaired) electrons. The van der Waals surface area contributed by atoms with E-state index < -0.39 is 27.1 Å². The Labute approximate surface area is 206 Å². The van der Waals surface area contributed by atoms with Crippen molar-refractivity contribution in [3.63, 3.8) is 0 Å². The van der Waals surface area contributed by atoms with E-state index in [2.05, 4.69) is 0 Å². The Morgan fingerprint density at radius 2 is 1.66 bits per heavy atom. The maximum Gasteiger partial charge on any atom is 0.339 e. The topological polar surface area (TPSA) is 90.0 Å². The van der Waals surface area contributed by atoms with E-state index in [0.29, 0.717) is 11.1 Å². The number of thioether (sulfide) groups is 1. The fourth-order valence-electron chi connectivity index (χ4n) is 3.28. The standard InChI is InChI=1S/C25H20FNO6S2/c1-16-3-10-20(11-4-16)35(30,31)33-22-13-18(7-12-21(22)32-2)14-23-24(28)27(25(29)34-23)15-17-5-8-19(26)9-6-17/h3-14H,15H2,1-2H3/b23-14-. The number of nitrogens with zero attached hydrogens (tertiary/aromatic N) is 1. The van der Waals surface area contributed by atoms with Crippen molar-refractivity contribution in [2.75, 3.05) is 7.11 Å². The smallest absolute Gasteiger partial charge is 0.339 e. The molecule has 7 nitrogen and oxygen atoms in total. The van der Waals surface area contributed by atoms with Gasteiger partial charge in [0, 0.05) is 0 Å². The number of halogens is 1. The summed E-state index contributed by atoms with van der Waals surface area (Å²) in [5.41, 5.74) is 1.94. The molecule has 0 N–H and O–H groups in total. The van der Waals surface area contributed by atoms with E-state index in [4.69, 9.17) is 8.92 Å². The molecule has 3 aromatic rings. The molecular weight excluding hydrogens is 493 g/mol. The summed E-state index contributed by atoms with van der Waals surface area (Å²) in [6.45, 7) is 1.85. The highest BCUT2D eigenvalue weighted by atomic mass is 32.2. The molecule has 10 heteroatoms. The minimum atomic E-state index is -4.13. The van der Waals surface area contributed by atoms with Crippen LogP contribution in [0.2, 0.25) is 0 Å². The van der Waals surface area contributed by atoms with Gasteiger partial charge in [0.2, 0.25) is 0 Å². The molecule has 35 heavy (non-hydrogen) atoms. The Hall–Kier alpha value is -3.63. The summed E-state index contributed by atoms with van der Waals surface area (Å²) in [5.74, 6) is -0.797. The van der Waals surface area contributed by atoms with Crippen LogP contribution < -0.4 is 8.92 Å². The van der Waals surface area contributed by atoms with Crippen LogP contribution in [-0.2, 0) is 21.5 Å². The molecule has 0 saturated carbocycles. The number of ether oxygens (including phenoxy) is 1. The molecule has 1 aliphatic rings. The van der Waals surface area contributed by atoms with Crippen LogP contribution in [0.15, 0.2) is 76.5 Å². The first-order valence-electron chi connectivity index (χ1n) is 10.4. The summed E-state index contributed by atoms with van der Waals surface area (Å²) >= 11 is 0.760. The predicted molar refractivity (Wildman–Crippen MR) is 130 cm³/mol. The predicted octanol–water partition coefficient (Wildman–Crippen LogP) is 5.15. The summed E-state index contributed by atoms with van der Waals surface area (Å²) in [5, 5.41) is -0.461. The molecule has 0 aliphatic carbocycles. The zero-order valence-corrected chi connectivity index (χ0v) is 20.4. The van der Waals surface area contributed by atoms with Crippen LogP contribution in [0.4, 0.5) is 9.18 Å². The summed E-state index contributed by atoms with van der Waals surface area (Å²) in [6, 6.07) is 16.3. The first kappa shape index (κ1) is 24.5. The van der Waals surface area contributed by atoms with E-state index in [-0.39, 0.29) is 27.8 Å². The van der Waals surface area contributed by atoms with Gasteiger partial charge < -0.3 is 8.92 Å². The van der Waals surface area contributed by atoms with Gasteiger partial charge in [0.05, 0.1) is 18.6 Å². The van der Waals surface area contributed by atoms with Crippen LogP contribution in [0.5, 0.6) is 11.5 Å². The van der Waals surface area contributed by atoms with E-state index >= 15 is 0 Å². The maximum atomic E-state index is 13.1. The van der Waals surface area contributed by atoms with Crippen LogP contribution in [0.1, 0.15) is 16.7 Å². The van der Waals surface area contributed by atoms with Gasteiger partial charge in [-0.1, -0.05) is 35.9 Å². The second-order valence-corrected chi connectivity index (χ2v) is 10.2. The number of aryl methyl sites for hydroxylation is 1. The Morgan fingerprint density at radius 1 is 0.971 bits per heavy atom. The minimum absolute atomic E-state index is 0.00799. The van der Waals surface area contributed by atoms with E-state index in [1.54, 1.807) is 18.2 Å². The van der Waals surface area contributed by atoms with Crippen molar-refractivity contribution in [2.45, 2.75) is 18.4 Å². The molecule has 0 bridgehead atoms. The maximum absolute atomic E-state index is 13.1. The number of carbonyl (C=O) groups excluding carboxylic acids is 2. The second-order valence-electron chi connectivity index (χ2n) is 7.66. The molecule has 1 aliphatic heterocycles. The van der Waals surface area contributed by atoms with Crippen molar-refractivity contribution in [2.24, 2.45) is 0 Å². The molecule has 4 rings (SSSR count). The molecular formula is C25H20FNO6S2. The van der Waals surface area contributed by atoms with Crippen LogP contribution in [0.25, 0.3) is 6.08 Å². The highest BCUT2D eigenvalue weighted by Gasteiger charge is 2.35. The number of amides is 2. The van der Waals surface area contributed by atoms with Crippen molar-refractivity contribution in [1.29, 1.82) is 0 Å². The largest absolute Gasteiger partial charge is 0.493 e. The van der Waals surface area contributed by atoms with Crippen molar-refractivity contribution in [3.05, 3.63) is 94.1 Å². The second kappa shape index (κ2) is 9.93. The van der Waals surface area contributed by atoms with Gasteiger partial charge in [-0.2, -0.15) is 8.42 Å². The average molecular weight is 514 g/mol. The Morgan fingerprint density at radius 3 is 2.31 bits per heavy atom. The lowest BCUT2D eigenvalue weighted by atomic mass is 10.1. The van der Waals surface area contributed by atoms with Gasteiger partial charge in [-0.15, -0.1) is 0 Å². The first-order chi connectivity index (χ1) is 16.7. The summed E-state index contributed by atoms with van der Waals surface area (Å²) in [6.07, 6.45) is 1.47. The van der Waals surface area contributed by atoms with E-state index in [1.165, 1.54) is 61.7 Å². The third-order valence-corrected chi connectivity index (χ3v) is 7.28. The third-order valence-electron chi connectivity index (χ3n) is 5.12. The average Bonchev–Trinajstić information content (AvgIpc) is 3.08. The van der Waals surface area contributed by atoms with Gasteiger partial charge >= 0.3 is 10.1 Å². The number of benzene rings is 3. The number of carbonyl (C=O) groups is 2. The van der Waals surface area contributed by atoms with E-state index in [1.807, 2.05) is 6.92 Å². The highest BCUT2D eigenvalue weighted by Crippen LogP contribution is 2.36. The van der Waals surface area contributed by atoms with Gasteiger partial charge in [-0.05, 0) is 72.3 Å². The van der Waals surface area contributed by atoms with Crippen LogP contribution in [-0.4, -0.2) is 31.6 Å². The zero-order chi connectivity index (χ0) is 25.2. The molecule has 180 valence electrons.